The Kier molecular flexibility index (Phi) is 4.86. The highest BCUT2D eigenvalue weighted by Gasteiger charge is 2.15. The molecule has 94 valence electrons. The second kappa shape index (κ2) is 6.21. The van der Waals surface area contributed by atoms with Crippen molar-refractivity contribution >= 4 is 45.8 Å². The van der Waals surface area contributed by atoms with E-state index in [-0.39, 0.29) is 6.04 Å². The maximum absolute atomic E-state index is 6.04. The van der Waals surface area contributed by atoms with Crippen molar-refractivity contribution in [1.82, 2.24) is 5.43 Å². The van der Waals surface area contributed by atoms with E-state index in [0.717, 1.165) is 14.7 Å². The predicted molar refractivity (Wildman–Crippen MR) is 84.8 cm³/mol. The molecule has 0 saturated heterocycles. The first-order valence-electron chi connectivity index (χ1n) is 5.29. The van der Waals surface area contributed by atoms with Crippen LogP contribution < -0.4 is 11.3 Å². The summed E-state index contributed by atoms with van der Waals surface area (Å²) in [5.41, 5.74) is 4.91. The Labute approximate surface area is 130 Å². The lowest BCUT2D eigenvalue weighted by atomic mass is 9.99. The lowest BCUT2D eigenvalue weighted by molar-refractivity contribution is 0.634. The van der Waals surface area contributed by atoms with E-state index >= 15 is 0 Å². The van der Waals surface area contributed by atoms with E-state index in [1.54, 1.807) is 6.07 Å². The van der Waals surface area contributed by atoms with Crippen molar-refractivity contribution in [2.75, 3.05) is 0 Å². The Morgan fingerprint density at radius 3 is 2.39 bits per heavy atom. The third-order valence-electron chi connectivity index (χ3n) is 2.66. The number of hydrogen-bond acceptors (Lipinski definition) is 2. The van der Waals surface area contributed by atoms with Crippen molar-refractivity contribution in [1.29, 1.82) is 0 Å². The van der Waals surface area contributed by atoms with Crippen LogP contribution >= 0.6 is 45.8 Å². The van der Waals surface area contributed by atoms with Gasteiger partial charge in [0.25, 0.3) is 0 Å². The summed E-state index contributed by atoms with van der Waals surface area (Å²) in [4.78, 5) is 0. The first-order valence-corrected chi connectivity index (χ1v) is 7.12. The van der Waals surface area contributed by atoms with Gasteiger partial charge in [0.2, 0.25) is 0 Å². The van der Waals surface area contributed by atoms with E-state index < -0.39 is 0 Å². The average molecular weight is 393 g/mol. The van der Waals surface area contributed by atoms with Crippen molar-refractivity contribution < 1.29 is 0 Å². The van der Waals surface area contributed by atoms with Gasteiger partial charge in [-0.25, -0.2) is 5.43 Å². The first-order chi connectivity index (χ1) is 8.63. The van der Waals surface area contributed by atoms with E-state index in [9.17, 15) is 0 Å². The number of hydrogen-bond donors (Lipinski definition) is 2. The molecule has 3 N–H and O–H groups in total. The Morgan fingerprint density at radius 2 is 1.78 bits per heavy atom. The van der Waals surface area contributed by atoms with Crippen LogP contribution in [0.25, 0.3) is 0 Å². The SMILES string of the molecule is NNC(c1ccc(Cl)c(Cl)c1)c1ccccc1I. The third-order valence-corrected chi connectivity index (χ3v) is 4.38. The number of hydrazine groups is 1. The highest BCUT2D eigenvalue weighted by molar-refractivity contribution is 14.1. The number of rotatable bonds is 3. The molecule has 2 nitrogen and oxygen atoms in total. The molecule has 1 atom stereocenters. The second-order valence-electron chi connectivity index (χ2n) is 3.79. The van der Waals surface area contributed by atoms with Crippen molar-refractivity contribution in [2.24, 2.45) is 5.84 Å². The quantitative estimate of drug-likeness (QED) is 0.467. The fourth-order valence-corrected chi connectivity index (χ4v) is 2.77. The van der Waals surface area contributed by atoms with Gasteiger partial charge in [0.15, 0.2) is 0 Å². The molecule has 0 radical (unpaired) electrons. The van der Waals surface area contributed by atoms with E-state index in [4.69, 9.17) is 29.0 Å². The molecule has 0 fully saturated rings. The largest absolute Gasteiger partial charge is 0.271 e. The molecule has 0 aliphatic carbocycles. The second-order valence-corrected chi connectivity index (χ2v) is 5.77. The minimum Gasteiger partial charge on any atom is -0.271 e. The van der Waals surface area contributed by atoms with Crippen molar-refractivity contribution in [3.8, 4) is 0 Å². The summed E-state index contributed by atoms with van der Waals surface area (Å²) < 4.78 is 1.14. The Bertz CT molecular complexity index is 560. The zero-order valence-corrected chi connectivity index (χ0v) is 13.0. The standard InChI is InChI=1S/C13H11Cl2IN2/c14-10-6-5-8(7-11(10)15)13(18-17)9-3-1-2-4-12(9)16/h1-7,13,18H,17H2. The zero-order chi connectivity index (χ0) is 13.1. The smallest absolute Gasteiger partial charge is 0.0720 e. The average Bonchev–Trinajstić information content (AvgIpc) is 2.37. The molecule has 2 rings (SSSR count). The van der Waals surface area contributed by atoms with Gasteiger partial charge in [-0.15, -0.1) is 0 Å². The van der Waals surface area contributed by atoms with Gasteiger partial charge in [0.1, 0.15) is 0 Å². The number of nitrogens with one attached hydrogen (secondary N) is 1. The molecule has 0 saturated carbocycles. The van der Waals surface area contributed by atoms with E-state index in [1.807, 2.05) is 36.4 Å². The summed E-state index contributed by atoms with van der Waals surface area (Å²) >= 11 is 14.2. The van der Waals surface area contributed by atoms with E-state index in [0.29, 0.717) is 10.0 Å². The molecule has 0 aromatic heterocycles. The molecule has 5 heteroatoms. The molecular formula is C13H11Cl2IN2. The van der Waals surface area contributed by atoms with Gasteiger partial charge in [-0.1, -0.05) is 47.5 Å². The van der Waals surface area contributed by atoms with Gasteiger partial charge < -0.3 is 0 Å². The van der Waals surface area contributed by atoms with Gasteiger partial charge in [-0.3, -0.25) is 5.84 Å². The van der Waals surface area contributed by atoms with Crippen LogP contribution in [-0.2, 0) is 0 Å². The van der Waals surface area contributed by atoms with E-state index in [1.165, 1.54) is 0 Å². The lowest BCUT2D eigenvalue weighted by Gasteiger charge is -2.18. The van der Waals surface area contributed by atoms with Crippen LogP contribution in [0.5, 0.6) is 0 Å². The zero-order valence-electron chi connectivity index (χ0n) is 9.33. The molecule has 2 aromatic rings. The fourth-order valence-electron chi connectivity index (χ4n) is 1.77. The highest BCUT2D eigenvalue weighted by atomic mass is 127. The maximum atomic E-state index is 6.04. The molecule has 1 unspecified atom stereocenters. The summed E-state index contributed by atoms with van der Waals surface area (Å²) in [5.74, 6) is 5.66. The minimum absolute atomic E-state index is 0.104. The van der Waals surface area contributed by atoms with Crippen molar-refractivity contribution in [3.63, 3.8) is 0 Å². The molecule has 0 bridgehead atoms. The molecule has 0 spiro atoms. The Morgan fingerprint density at radius 1 is 1.06 bits per heavy atom. The van der Waals surface area contributed by atoms with Gasteiger partial charge >= 0.3 is 0 Å². The third kappa shape index (κ3) is 2.97. The van der Waals surface area contributed by atoms with Crippen molar-refractivity contribution in [3.05, 3.63) is 67.2 Å². The minimum atomic E-state index is -0.104. The fraction of sp³-hybridized carbons (Fsp3) is 0.0769. The van der Waals surface area contributed by atoms with Gasteiger partial charge in [0, 0.05) is 3.57 Å². The molecule has 0 heterocycles. The number of halogens is 3. The van der Waals surface area contributed by atoms with Crippen LogP contribution in [0.2, 0.25) is 10.0 Å². The molecular weight excluding hydrogens is 382 g/mol. The normalized spacial score (nSPS) is 12.4. The summed E-state index contributed by atoms with van der Waals surface area (Å²) in [7, 11) is 0. The number of benzene rings is 2. The highest BCUT2D eigenvalue weighted by Crippen LogP contribution is 2.30. The van der Waals surface area contributed by atoms with Crippen LogP contribution in [0.4, 0.5) is 0 Å². The first kappa shape index (κ1) is 14.1. The van der Waals surface area contributed by atoms with Crippen molar-refractivity contribution in [2.45, 2.75) is 6.04 Å². The Balaban J connectivity index is 2.45. The summed E-state index contributed by atoms with van der Waals surface area (Å²) in [5, 5.41) is 1.07. The van der Waals surface area contributed by atoms with Gasteiger partial charge in [-0.2, -0.15) is 0 Å². The van der Waals surface area contributed by atoms with Crippen LogP contribution in [0.1, 0.15) is 17.2 Å². The van der Waals surface area contributed by atoms with Gasteiger partial charge in [-0.05, 0) is 51.9 Å². The van der Waals surface area contributed by atoms with Crippen LogP contribution in [-0.4, -0.2) is 0 Å². The Hall–Kier alpha value is -0.330. The molecule has 2 aromatic carbocycles. The topological polar surface area (TPSA) is 38.0 Å². The monoisotopic (exact) mass is 392 g/mol. The van der Waals surface area contributed by atoms with E-state index in [2.05, 4.69) is 28.0 Å². The van der Waals surface area contributed by atoms with Crippen LogP contribution in [0.3, 0.4) is 0 Å². The molecule has 0 amide bonds. The molecule has 18 heavy (non-hydrogen) atoms. The van der Waals surface area contributed by atoms with Crippen LogP contribution in [0, 0.1) is 3.57 Å². The summed E-state index contributed by atoms with van der Waals surface area (Å²) in [6, 6.07) is 13.5. The maximum Gasteiger partial charge on any atom is 0.0720 e. The van der Waals surface area contributed by atoms with Crippen LogP contribution in [0.15, 0.2) is 42.5 Å². The summed E-state index contributed by atoms with van der Waals surface area (Å²) in [6.07, 6.45) is 0. The predicted octanol–water partition coefficient (Wildman–Crippen LogP) is 4.15. The van der Waals surface area contributed by atoms with Gasteiger partial charge in [0.05, 0.1) is 16.1 Å². The summed E-state index contributed by atoms with van der Waals surface area (Å²) in [6.45, 7) is 0. The molecule has 0 aliphatic heterocycles. The molecule has 0 aliphatic rings. The number of nitrogens with two attached hydrogens (primary N) is 1. The lowest BCUT2D eigenvalue weighted by Crippen LogP contribution is -2.29.